The van der Waals surface area contributed by atoms with Gasteiger partial charge in [0.25, 0.3) is 0 Å². The molecule has 2 N–H and O–H groups in total. The lowest BCUT2D eigenvalue weighted by atomic mass is 10.1. The van der Waals surface area contributed by atoms with Gasteiger partial charge >= 0.3 is 0 Å². The number of nitrogens with zero attached hydrogens (tertiary/aromatic N) is 3. The second-order valence-electron chi connectivity index (χ2n) is 4.71. The highest BCUT2D eigenvalue weighted by Crippen LogP contribution is 2.07. The molecule has 0 aromatic carbocycles. The van der Waals surface area contributed by atoms with Crippen LogP contribution >= 0.6 is 0 Å². The molecular weight excluding hydrogens is 242 g/mol. The first-order chi connectivity index (χ1) is 9.24. The van der Waals surface area contributed by atoms with Gasteiger partial charge in [-0.05, 0) is 24.5 Å². The van der Waals surface area contributed by atoms with Gasteiger partial charge in [0.05, 0.1) is 19.0 Å². The molecule has 0 unspecified atom stereocenters. The molecule has 19 heavy (non-hydrogen) atoms. The minimum Gasteiger partial charge on any atom is -0.467 e. The molecule has 0 spiro atoms. The predicted molar refractivity (Wildman–Crippen MR) is 73.8 cm³/mol. The van der Waals surface area contributed by atoms with Crippen LogP contribution in [0.5, 0.6) is 0 Å². The molecule has 0 saturated heterocycles. The van der Waals surface area contributed by atoms with Crippen molar-refractivity contribution in [2.24, 2.45) is 5.92 Å². The molecular formula is C13H19N5O. The monoisotopic (exact) mass is 261 g/mol. The number of anilines is 2. The average Bonchev–Trinajstić information content (AvgIpc) is 2.89. The van der Waals surface area contributed by atoms with Crippen molar-refractivity contribution >= 4 is 11.8 Å². The van der Waals surface area contributed by atoms with E-state index in [1.165, 1.54) is 0 Å². The van der Waals surface area contributed by atoms with Crippen LogP contribution < -0.4 is 10.6 Å². The third-order valence-electron chi connectivity index (χ3n) is 2.59. The Balaban J connectivity index is 1.84. The van der Waals surface area contributed by atoms with Crippen molar-refractivity contribution in [3.05, 3.63) is 30.4 Å². The van der Waals surface area contributed by atoms with Crippen LogP contribution in [0.1, 0.15) is 26.0 Å². The van der Waals surface area contributed by atoms with Gasteiger partial charge in [0.1, 0.15) is 11.6 Å². The zero-order valence-corrected chi connectivity index (χ0v) is 11.3. The minimum absolute atomic E-state index is 0.492. The molecule has 102 valence electrons. The molecule has 0 amide bonds. The van der Waals surface area contributed by atoms with Crippen LogP contribution in [-0.2, 0) is 6.54 Å². The largest absolute Gasteiger partial charge is 0.467 e. The van der Waals surface area contributed by atoms with Crippen LogP contribution in [-0.4, -0.2) is 21.7 Å². The molecule has 0 aliphatic heterocycles. The molecule has 2 heterocycles. The second-order valence-corrected chi connectivity index (χ2v) is 4.71. The summed E-state index contributed by atoms with van der Waals surface area (Å²) in [4.78, 5) is 4.33. The fourth-order valence-electron chi connectivity index (χ4n) is 1.53. The number of nitrogens with one attached hydrogen (secondary N) is 2. The van der Waals surface area contributed by atoms with Gasteiger partial charge in [-0.3, -0.25) is 0 Å². The Morgan fingerprint density at radius 1 is 1.32 bits per heavy atom. The van der Waals surface area contributed by atoms with E-state index < -0.39 is 0 Å². The van der Waals surface area contributed by atoms with E-state index in [0.717, 1.165) is 24.5 Å². The Morgan fingerprint density at radius 2 is 2.21 bits per heavy atom. The van der Waals surface area contributed by atoms with Gasteiger partial charge in [-0.2, -0.15) is 10.1 Å². The van der Waals surface area contributed by atoms with E-state index in [-0.39, 0.29) is 0 Å². The zero-order valence-electron chi connectivity index (χ0n) is 11.3. The topological polar surface area (TPSA) is 75.9 Å². The number of hydrogen-bond donors (Lipinski definition) is 2. The summed E-state index contributed by atoms with van der Waals surface area (Å²) in [5.41, 5.74) is 0. The molecule has 0 saturated carbocycles. The maximum atomic E-state index is 5.22. The molecule has 0 radical (unpaired) electrons. The lowest BCUT2D eigenvalue weighted by molar-refractivity contribution is 0.517. The Morgan fingerprint density at radius 3 is 2.95 bits per heavy atom. The van der Waals surface area contributed by atoms with Gasteiger partial charge in [-0.25, -0.2) is 0 Å². The summed E-state index contributed by atoms with van der Waals surface area (Å²) < 4.78 is 5.22. The Bertz CT molecular complexity index is 484. The van der Waals surface area contributed by atoms with Crippen LogP contribution in [0.15, 0.2) is 29.0 Å². The Kier molecular flexibility index (Phi) is 4.72. The first-order valence-corrected chi connectivity index (χ1v) is 6.44. The van der Waals surface area contributed by atoms with Crippen LogP contribution in [0.25, 0.3) is 0 Å². The smallest absolute Gasteiger partial charge is 0.245 e. The molecule has 0 atom stereocenters. The van der Waals surface area contributed by atoms with Crippen molar-refractivity contribution in [2.45, 2.75) is 26.8 Å². The van der Waals surface area contributed by atoms with Gasteiger partial charge in [0.15, 0.2) is 0 Å². The standard InChI is InChI=1S/C13H19N5O/c1-10(2)5-6-14-12-9-16-18-13(17-12)15-8-11-4-3-7-19-11/h3-4,7,9-10H,5-6,8H2,1-2H3,(H2,14,15,17,18). The summed E-state index contributed by atoms with van der Waals surface area (Å²) in [6.45, 7) is 5.81. The third kappa shape index (κ3) is 4.57. The quantitative estimate of drug-likeness (QED) is 0.797. The van der Waals surface area contributed by atoms with Gasteiger partial charge in [-0.1, -0.05) is 13.8 Å². The molecule has 0 aliphatic carbocycles. The summed E-state index contributed by atoms with van der Waals surface area (Å²) in [6, 6.07) is 3.74. The molecule has 0 bridgehead atoms. The molecule has 2 rings (SSSR count). The number of aromatic nitrogens is 3. The molecule has 0 fully saturated rings. The first kappa shape index (κ1) is 13.3. The van der Waals surface area contributed by atoms with Gasteiger partial charge in [-0.15, -0.1) is 5.10 Å². The van der Waals surface area contributed by atoms with Gasteiger partial charge in [0, 0.05) is 6.54 Å². The normalized spacial score (nSPS) is 10.7. The second kappa shape index (κ2) is 6.72. The van der Waals surface area contributed by atoms with E-state index in [0.29, 0.717) is 18.4 Å². The summed E-state index contributed by atoms with van der Waals surface area (Å²) in [5, 5.41) is 14.1. The van der Waals surface area contributed by atoms with Crippen molar-refractivity contribution in [1.82, 2.24) is 15.2 Å². The SMILES string of the molecule is CC(C)CCNc1cnnc(NCc2ccco2)n1. The highest BCUT2D eigenvalue weighted by atomic mass is 16.3. The van der Waals surface area contributed by atoms with Crippen molar-refractivity contribution in [2.75, 3.05) is 17.2 Å². The highest BCUT2D eigenvalue weighted by Gasteiger charge is 2.02. The third-order valence-corrected chi connectivity index (χ3v) is 2.59. The average molecular weight is 261 g/mol. The van der Waals surface area contributed by atoms with Gasteiger partial charge < -0.3 is 15.1 Å². The molecule has 6 heteroatoms. The summed E-state index contributed by atoms with van der Waals surface area (Å²) in [6.07, 6.45) is 4.36. The predicted octanol–water partition coefficient (Wildman–Crippen LogP) is 2.53. The van der Waals surface area contributed by atoms with E-state index in [9.17, 15) is 0 Å². The fourth-order valence-corrected chi connectivity index (χ4v) is 1.53. The molecule has 2 aromatic heterocycles. The van der Waals surface area contributed by atoms with Crippen molar-refractivity contribution < 1.29 is 4.42 Å². The Hall–Kier alpha value is -2.11. The first-order valence-electron chi connectivity index (χ1n) is 6.44. The zero-order chi connectivity index (χ0) is 13.5. The highest BCUT2D eigenvalue weighted by molar-refractivity contribution is 5.36. The molecule has 2 aromatic rings. The van der Waals surface area contributed by atoms with Crippen molar-refractivity contribution in [3.63, 3.8) is 0 Å². The fraction of sp³-hybridized carbons (Fsp3) is 0.462. The minimum atomic E-state index is 0.492. The van der Waals surface area contributed by atoms with Crippen LogP contribution in [0.3, 0.4) is 0 Å². The maximum absolute atomic E-state index is 5.22. The number of furan rings is 1. The van der Waals surface area contributed by atoms with Crippen LogP contribution in [0.2, 0.25) is 0 Å². The maximum Gasteiger partial charge on any atom is 0.245 e. The van der Waals surface area contributed by atoms with E-state index in [1.807, 2.05) is 12.1 Å². The lowest BCUT2D eigenvalue weighted by Crippen LogP contribution is -2.09. The summed E-state index contributed by atoms with van der Waals surface area (Å²) in [7, 11) is 0. The number of rotatable bonds is 7. The Labute approximate surface area is 112 Å². The van der Waals surface area contributed by atoms with Crippen LogP contribution in [0, 0.1) is 5.92 Å². The van der Waals surface area contributed by atoms with Crippen molar-refractivity contribution in [1.29, 1.82) is 0 Å². The molecule has 0 aliphatic rings. The number of hydrogen-bond acceptors (Lipinski definition) is 6. The van der Waals surface area contributed by atoms with Gasteiger partial charge in [0.2, 0.25) is 5.95 Å². The van der Waals surface area contributed by atoms with E-state index >= 15 is 0 Å². The molecule has 6 nitrogen and oxygen atoms in total. The van der Waals surface area contributed by atoms with E-state index in [2.05, 4.69) is 39.7 Å². The summed E-state index contributed by atoms with van der Waals surface area (Å²) >= 11 is 0. The van der Waals surface area contributed by atoms with Crippen LogP contribution in [0.4, 0.5) is 11.8 Å². The van der Waals surface area contributed by atoms with Crippen molar-refractivity contribution in [3.8, 4) is 0 Å². The summed E-state index contributed by atoms with van der Waals surface area (Å²) in [5.74, 6) is 2.73. The van der Waals surface area contributed by atoms with E-state index in [1.54, 1.807) is 12.5 Å². The van der Waals surface area contributed by atoms with E-state index in [4.69, 9.17) is 4.42 Å². The lowest BCUT2D eigenvalue weighted by Gasteiger charge is -2.08.